The van der Waals surface area contributed by atoms with Gasteiger partial charge in [-0.05, 0) is 58.4 Å². The van der Waals surface area contributed by atoms with Crippen LogP contribution in [-0.4, -0.2) is 28.0 Å². The SMILES string of the molecule is CCOc1ccc(-c2n[nH]cc2C(=C2SC(=O)NC2=O)c2ccccc2)cc1Br. The van der Waals surface area contributed by atoms with Crippen molar-refractivity contribution in [1.29, 1.82) is 0 Å². The zero-order chi connectivity index (χ0) is 20.4. The summed E-state index contributed by atoms with van der Waals surface area (Å²) < 4.78 is 6.39. The Morgan fingerprint density at radius 2 is 1.97 bits per heavy atom. The Morgan fingerprint density at radius 1 is 1.17 bits per heavy atom. The maximum absolute atomic E-state index is 12.4. The number of hydrogen-bond acceptors (Lipinski definition) is 5. The maximum atomic E-state index is 12.4. The van der Waals surface area contributed by atoms with Crippen LogP contribution in [0.4, 0.5) is 4.79 Å². The molecule has 29 heavy (non-hydrogen) atoms. The predicted molar refractivity (Wildman–Crippen MR) is 116 cm³/mol. The normalized spacial score (nSPS) is 15.4. The van der Waals surface area contributed by atoms with Crippen LogP contribution in [0.3, 0.4) is 0 Å². The second kappa shape index (κ2) is 8.26. The van der Waals surface area contributed by atoms with E-state index < -0.39 is 5.91 Å². The molecule has 1 aliphatic heterocycles. The van der Waals surface area contributed by atoms with E-state index in [1.54, 1.807) is 6.20 Å². The number of nitrogens with one attached hydrogen (secondary N) is 2. The van der Waals surface area contributed by atoms with Gasteiger partial charge in [0.05, 0.1) is 21.7 Å². The van der Waals surface area contributed by atoms with E-state index in [4.69, 9.17) is 4.74 Å². The molecule has 1 aliphatic rings. The van der Waals surface area contributed by atoms with Crippen molar-refractivity contribution in [2.75, 3.05) is 6.61 Å². The van der Waals surface area contributed by atoms with Crippen molar-refractivity contribution in [2.24, 2.45) is 0 Å². The van der Waals surface area contributed by atoms with Crippen LogP contribution < -0.4 is 10.1 Å². The summed E-state index contributed by atoms with van der Waals surface area (Å²) in [5, 5.41) is 9.28. The van der Waals surface area contributed by atoms with Crippen LogP contribution in [-0.2, 0) is 4.79 Å². The number of aromatic nitrogens is 2. The van der Waals surface area contributed by atoms with Gasteiger partial charge >= 0.3 is 0 Å². The molecule has 1 saturated heterocycles. The monoisotopic (exact) mass is 469 g/mol. The number of nitrogens with zero attached hydrogens (tertiary/aromatic N) is 1. The van der Waals surface area contributed by atoms with E-state index >= 15 is 0 Å². The molecule has 0 saturated carbocycles. The number of ether oxygens (including phenoxy) is 1. The van der Waals surface area contributed by atoms with Crippen LogP contribution >= 0.6 is 27.7 Å². The van der Waals surface area contributed by atoms with Gasteiger partial charge in [0.2, 0.25) is 0 Å². The fourth-order valence-electron chi connectivity index (χ4n) is 3.11. The summed E-state index contributed by atoms with van der Waals surface area (Å²) in [5.41, 5.74) is 3.74. The van der Waals surface area contributed by atoms with Crippen molar-refractivity contribution in [2.45, 2.75) is 6.92 Å². The standard InChI is InChI=1S/C21H16BrN3O3S/c1-2-28-16-9-8-13(10-15(16)22)18-14(11-23-25-18)17(12-6-4-3-5-7-12)19-20(26)24-21(27)29-19/h3-11H,2H2,1H3,(H,23,25)(H,24,26,27). The van der Waals surface area contributed by atoms with Gasteiger partial charge in [-0.25, -0.2) is 0 Å². The van der Waals surface area contributed by atoms with Gasteiger partial charge in [0.25, 0.3) is 11.1 Å². The molecule has 0 radical (unpaired) electrons. The highest BCUT2D eigenvalue weighted by Crippen LogP contribution is 2.40. The Morgan fingerprint density at radius 3 is 2.62 bits per heavy atom. The number of H-pyrrole nitrogens is 1. The minimum atomic E-state index is -0.404. The van der Waals surface area contributed by atoms with Crippen molar-refractivity contribution in [3.05, 3.63) is 75.2 Å². The first-order valence-corrected chi connectivity index (χ1v) is 10.5. The van der Waals surface area contributed by atoms with Gasteiger partial charge in [0.15, 0.2) is 0 Å². The van der Waals surface area contributed by atoms with Crippen molar-refractivity contribution >= 4 is 44.4 Å². The van der Waals surface area contributed by atoms with E-state index in [1.165, 1.54) is 0 Å². The third kappa shape index (κ3) is 3.86. The molecule has 0 bridgehead atoms. The molecule has 2 heterocycles. The molecule has 2 amide bonds. The number of amides is 2. The quantitative estimate of drug-likeness (QED) is 0.514. The molecule has 0 atom stereocenters. The molecule has 0 aliphatic carbocycles. The van der Waals surface area contributed by atoms with Crippen LogP contribution in [0, 0.1) is 0 Å². The number of carbonyl (C=O) groups excluding carboxylic acids is 2. The molecule has 8 heteroatoms. The van der Waals surface area contributed by atoms with Gasteiger partial charge in [0.1, 0.15) is 5.75 Å². The molecule has 3 aromatic rings. The number of halogens is 1. The first kappa shape index (κ1) is 19.5. The number of imide groups is 1. The minimum absolute atomic E-state index is 0.355. The van der Waals surface area contributed by atoms with Crippen LogP contribution in [0.5, 0.6) is 5.75 Å². The van der Waals surface area contributed by atoms with E-state index in [-0.39, 0.29) is 5.24 Å². The summed E-state index contributed by atoms with van der Waals surface area (Å²) in [4.78, 5) is 24.6. The lowest BCUT2D eigenvalue weighted by atomic mass is 9.95. The lowest BCUT2D eigenvalue weighted by Gasteiger charge is -2.12. The third-order valence-electron chi connectivity index (χ3n) is 4.32. The number of aromatic amines is 1. The Hall–Kier alpha value is -2.84. The highest BCUT2D eigenvalue weighted by molar-refractivity contribution is 9.10. The number of benzene rings is 2. The van der Waals surface area contributed by atoms with Gasteiger partial charge in [-0.1, -0.05) is 30.3 Å². The molecule has 2 aromatic carbocycles. The molecule has 1 fully saturated rings. The summed E-state index contributed by atoms with van der Waals surface area (Å²) >= 11 is 4.44. The summed E-state index contributed by atoms with van der Waals surface area (Å²) in [5.74, 6) is 0.338. The summed E-state index contributed by atoms with van der Waals surface area (Å²) in [6, 6.07) is 15.2. The summed E-state index contributed by atoms with van der Waals surface area (Å²) in [7, 11) is 0. The van der Waals surface area contributed by atoms with Crippen molar-refractivity contribution in [3.63, 3.8) is 0 Å². The molecule has 1 aromatic heterocycles. The molecule has 2 N–H and O–H groups in total. The summed E-state index contributed by atoms with van der Waals surface area (Å²) in [6.45, 7) is 2.49. The maximum Gasteiger partial charge on any atom is 0.290 e. The Labute approximate surface area is 179 Å². The highest BCUT2D eigenvalue weighted by Gasteiger charge is 2.31. The van der Waals surface area contributed by atoms with E-state index in [0.29, 0.717) is 22.8 Å². The van der Waals surface area contributed by atoms with Gasteiger partial charge in [-0.2, -0.15) is 5.10 Å². The van der Waals surface area contributed by atoms with E-state index in [2.05, 4.69) is 31.4 Å². The van der Waals surface area contributed by atoms with E-state index in [0.717, 1.165) is 38.7 Å². The fourth-order valence-corrected chi connectivity index (χ4v) is 4.41. The van der Waals surface area contributed by atoms with Crippen LogP contribution in [0.25, 0.3) is 16.8 Å². The first-order chi connectivity index (χ1) is 14.1. The van der Waals surface area contributed by atoms with Crippen molar-refractivity contribution in [3.8, 4) is 17.0 Å². The number of rotatable bonds is 5. The molecule has 146 valence electrons. The highest BCUT2D eigenvalue weighted by atomic mass is 79.9. The fraction of sp³-hybridized carbons (Fsp3) is 0.0952. The average Bonchev–Trinajstić information content (AvgIpc) is 3.31. The van der Waals surface area contributed by atoms with Crippen LogP contribution in [0.1, 0.15) is 18.1 Å². The Balaban J connectivity index is 1.88. The molecule has 0 spiro atoms. The number of carbonyl (C=O) groups is 2. The average molecular weight is 470 g/mol. The molecular weight excluding hydrogens is 454 g/mol. The van der Waals surface area contributed by atoms with Crippen LogP contribution in [0.15, 0.2) is 64.1 Å². The largest absolute Gasteiger partial charge is 0.493 e. The molecule has 6 nitrogen and oxygen atoms in total. The smallest absolute Gasteiger partial charge is 0.290 e. The number of hydrogen-bond donors (Lipinski definition) is 2. The Bertz CT molecular complexity index is 1130. The third-order valence-corrected chi connectivity index (χ3v) is 5.82. The first-order valence-electron chi connectivity index (χ1n) is 8.88. The zero-order valence-electron chi connectivity index (χ0n) is 15.4. The summed E-state index contributed by atoms with van der Waals surface area (Å²) in [6.07, 6.45) is 1.74. The zero-order valence-corrected chi connectivity index (χ0v) is 17.8. The predicted octanol–water partition coefficient (Wildman–Crippen LogP) is 4.98. The van der Waals surface area contributed by atoms with Crippen molar-refractivity contribution < 1.29 is 14.3 Å². The van der Waals surface area contributed by atoms with Gasteiger partial charge in [0, 0.05) is 22.9 Å². The second-order valence-corrected chi connectivity index (χ2v) is 7.98. The molecular formula is C21H16BrN3O3S. The van der Waals surface area contributed by atoms with Gasteiger partial charge in [-0.15, -0.1) is 0 Å². The lowest BCUT2D eigenvalue weighted by Crippen LogP contribution is -2.18. The van der Waals surface area contributed by atoms with Gasteiger partial charge in [-0.3, -0.25) is 20.0 Å². The van der Waals surface area contributed by atoms with E-state index in [9.17, 15) is 9.59 Å². The topological polar surface area (TPSA) is 84.1 Å². The minimum Gasteiger partial charge on any atom is -0.493 e. The Kier molecular flexibility index (Phi) is 5.55. The molecule has 0 unspecified atom stereocenters. The second-order valence-electron chi connectivity index (χ2n) is 6.14. The van der Waals surface area contributed by atoms with Crippen LogP contribution in [0.2, 0.25) is 0 Å². The van der Waals surface area contributed by atoms with E-state index in [1.807, 2.05) is 55.5 Å². The van der Waals surface area contributed by atoms with Crippen molar-refractivity contribution in [1.82, 2.24) is 15.5 Å². The lowest BCUT2D eigenvalue weighted by molar-refractivity contribution is -0.115. The molecule has 4 rings (SSSR count). The number of thioether (sulfide) groups is 1. The van der Waals surface area contributed by atoms with Gasteiger partial charge < -0.3 is 4.74 Å².